The number of rotatable bonds is 9. The number of hydrogen-bond donors (Lipinski definition) is 3. The highest BCUT2D eigenvalue weighted by molar-refractivity contribution is 6.33. The minimum atomic E-state index is -0.264. The molecule has 1 aliphatic heterocycles. The molecule has 2 aliphatic rings. The number of hydrogen-bond acceptors (Lipinski definition) is 7. The fourth-order valence-electron chi connectivity index (χ4n) is 4.33. The number of aromatic nitrogens is 1. The SMILES string of the molecule is CN1CCC(COc2cc3nccc(Oc4ccc(NC(=O)NC5CC5)c(Cl)c4)c3cc2OCN)CC1. The van der Waals surface area contributed by atoms with Gasteiger partial charge in [0, 0.05) is 29.8 Å². The highest BCUT2D eigenvalue weighted by Crippen LogP contribution is 2.38. The number of pyridine rings is 1. The summed E-state index contributed by atoms with van der Waals surface area (Å²) in [4.78, 5) is 18.9. The predicted molar refractivity (Wildman–Crippen MR) is 144 cm³/mol. The molecule has 1 aromatic heterocycles. The number of piperidine rings is 1. The van der Waals surface area contributed by atoms with Crippen molar-refractivity contribution in [2.75, 3.05) is 38.8 Å². The average molecular weight is 526 g/mol. The molecule has 2 aromatic carbocycles. The van der Waals surface area contributed by atoms with Gasteiger partial charge < -0.3 is 29.7 Å². The number of benzene rings is 2. The summed E-state index contributed by atoms with van der Waals surface area (Å²) < 4.78 is 18.0. The van der Waals surface area contributed by atoms with E-state index in [0.717, 1.165) is 44.2 Å². The minimum absolute atomic E-state index is 0.0188. The molecule has 0 bridgehead atoms. The van der Waals surface area contributed by atoms with Gasteiger partial charge in [0.1, 0.15) is 18.2 Å². The molecule has 1 saturated heterocycles. The number of amides is 2. The maximum Gasteiger partial charge on any atom is 0.319 e. The Labute approximate surface area is 221 Å². The molecular formula is C27H32ClN5O4. The Bertz CT molecular complexity index is 1260. The first-order chi connectivity index (χ1) is 18.0. The van der Waals surface area contributed by atoms with Crippen molar-refractivity contribution in [3.8, 4) is 23.0 Å². The lowest BCUT2D eigenvalue weighted by atomic mass is 9.98. The number of fused-ring (bicyclic) bond motifs is 1. The summed E-state index contributed by atoms with van der Waals surface area (Å²) in [7, 11) is 2.15. The number of anilines is 1. The van der Waals surface area contributed by atoms with E-state index >= 15 is 0 Å². The molecule has 0 radical (unpaired) electrons. The molecule has 37 heavy (non-hydrogen) atoms. The third-order valence-electron chi connectivity index (χ3n) is 6.65. The maximum absolute atomic E-state index is 12.0. The van der Waals surface area contributed by atoms with Crippen LogP contribution in [0.1, 0.15) is 25.7 Å². The normalized spacial score (nSPS) is 16.4. The van der Waals surface area contributed by atoms with Crippen LogP contribution < -0.4 is 30.6 Å². The number of carbonyl (C=O) groups excluding carboxylic acids is 1. The van der Waals surface area contributed by atoms with Gasteiger partial charge in [0.05, 0.1) is 22.8 Å². The van der Waals surface area contributed by atoms with Gasteiger partial charge in [-0.3, -0.25) is 10.7 Å². The van der Waals surface area contributed by atoms with Gasteiger partial charge in [-0.2, -0.15) is 0 Å². The van der Waals surface area contributed by atoms with Crippen molar-refractivity contribution in [2.45, 2.75) is 31.7 Å². The zero-order valence-electron chi connectivity index (χ0n) is 20.8. The van der Waals surface area contributed by atoms with Gasteiger partial charge in [0.25, 0.3) is 0 Å². The lowest BCUT2D eigenvalue weighted by Gasteiger charge is -2.29. The molecule has 4 N–H and O–H groups in total. The monoisotopic (exact) mass is 525 g/mol. The molecule has 1 saturated carbocycles. The standard InChI is InChI=1S/C27H32ClN5O4/c1-33-10-7-17(8-11-33)15-35-26-14-23-20(13-25(26)36-16-29)24(6-9-30-23)37-19-4-5-22(21(28)12-19)32-27(34)31-18-2-3-18/h4-6,9,12-14,17-18H,2-3,7-8,10-11,15-16,29H2,1H3,(H2,31,32,34). The number of ether oxygens (including phenoxy) is 3. The average Bonchev–Trinajstić information content (AvgIpc) is 3.70. The Hall–Kier alpha value is -3.27. The van der Waals surface area contributed by atoms with E-state index in [1.165, 1.54) is 0 Å². The molecule has 9 nitrogen and oxygen atoms in total. The number of likely N-dealkylation sites (tertiary alicyclic amines) is 1. The number of carbonyl (C=O) groups is 1. The van der Waals surface area contributed by atoms with Crippen molar-refractivity contribution in [3.05, 3.63) is 47.6 Å². The van der Waals surface area contributed by atoms with Crippen molar-refractivity contribution < 1.29 is 19.0 Å². The van der Waals surface area contributed by atoms with E-state index in [4.69, 9.17) is 31.5 Å². The van der Waals surface area contributed by atoms with Crippen molar-refractivity contribution in [1.29, 1.82) is 0 Å². The predicted octanol–water partition coefficient (Wildman–Crippen LogP) is 4.98. The first-order valence-corrected chi connectivity index (χ1v) is 13.0. The molecule has 0 spiro atoms. The Balaban J connectivity index is 1.32. The molecule has 2 fully saturated rings. The van der Waals surface area contributed by atoms with Crippen LogP contribution in [0.3, 0.4) is 0 Å². The summed E-state index contributed by atoms with van der Waals surface area (Å²) in [5.74, 6) is 2.76. The number of nitrogens with two attached hydrogens (primary N) is 1. The van der Waals surface area contributed by atoms with E-state index in [0.29, 0.717) is 51.7 Å². The fraction of sp³-hybridized carbons (Fsp3) is 0.407. The fourth-order valence-corrected chi connectivity index (χ4v) is 4.55. The summed E-state index contributed by atoms with van der Waals surface area (Å²) in [6.45, 7) is 2.79. The Morgan fingerprint density at radius 3 is 2.59 bits per heavy atom. The molecule has 196 valence electrons. The van der Waals surface area contributed by atoms with Crippen LogP contribution in [-0.2, 0) is 0 Å². The zero-order chi connectivity index (χ0) is 25.8. The highest BCUT2D eigenvalue weighted by atomic mass is 35.5. The second kappa shape index (κ2) is 11.4. The van der Waals surface area contributed by atoms with Gasteiger partial charge in [-0.15, -0.1) is 0 Å². The van der Waals surface area contributed by atoms with Crippen LogP contribution in [0.2, 0.25) is 5.02 Å². The van der Waals surface area contributed by atoms with Crippen LogP contribution in [0.5, 0.6) is 23.0 Å². The Morgan fingerprint density at radius 1 is 1.08 bits per heavy atom. The van der Waals surface area contributed by atoms with Crippen LogP contribution >= 0.6 is 11.6 Å². The lowest BCUT2D eigenvalue weighted by Crippen LogP contribution is -2.32. The van der Waals surface area contributed by atoms with Crippen molar-refractivity contribution in [2.24, 2.45) is 11.7 Å². The smallest absolute Gasteiger partial charge is 0.319 e. The quantitative estimate of drug-likeness (QED) is 0.338. The molecule has 1 aliphatic carbocycles. The molecule has 5 rings (SSSR count). The Morgan fingerprint density at radius 2 is 1.86 bits per heavy atom. The zero-order valence-corrected chi connectivity index (χ0v) is 21.6. The lowest BCUT2D eigenvalue weighted by molar-refractivity contribution is 0.156. The summed E-state index contributed by atoms with van der Waals surface area (Å²) in [5, 5.41) is 6.77. The number of nitrogens with one attached hydrogen (secondary N) is 2. The van der Waals surface area contributed by atoms with Crippen molar-refractivity contribution >= 4 is 34.2 Å². The molecular weight excluding hydrogens is 494 g/mol. The highest BCUT2D eigenvalue weighted by Gasteiger charge is 2.23. The van der Waals surface area contributed by atoms with Gasteiger partial charge in [-0.05, 0) is 76.0 Å². The van der Waals surface area contributed by atoms with Crippen molar-refractivity contribution in [1.82, 2.24) is 15.2 Å². The van der Waals surface area contributed by atoms with Gasteiger partial charge >= 0.3 is 6.03 Å². The second-order valence-electron chi connectivity index (χ2n) is 9.61. The number of nitrogens with zero attached hydrogens (tertiary/aromatic N) is 2. The van der Waals surface area contributed by atoms with Gasteiger partial charge in [0.15, 0.2) is 11.5 Å². The van der Waals surface area contributed by atoms with E-state index in [2.05, 4.69) is 27.6 Å². The number of halogens is 1. The first kappa shape index (κ1) is 25.4. The molecule has 0 unspecified atom stereocenters. The first-order valence-electron chi connectivity index (χ1n) is 12.6. The molecule has 10 heteroatoms. The van der Waals surface area contributed by atoms with E-state index in [1.54, 1.807) is 30.5 Å². The summed E-state index contributed by atoms with van der Waals surface area (Å²) >= 11 is 6.42. The topological polar surface area (TPSA) is 111 Å². The third kappa shape index (κ3) is 6.54. The summed E-state index contributed by atoms with van der Waals surface area (Å²) in [5.41, 5.74) is 6.93. The van der Waals surface area contributed by atoms with E-state index in [9.17, 15) is 4.79 Å². The number of urea groups is 1. The largest absolute Gasteiger partial charge is 0.489 e. The van der Waals surface area contributed by atoms with E-state index < -0.39 is 0 Å². The van der Waals surface area contributed by atoms with Crippen LogP contribution in [-0.4, -0.2) is 55.4 Å². The van der Waals surface area contributed by atoms with Crippen LogP contribution in [0, 0.1) is 5.92 Å². The van der Waals surface area contributed by atoms with E-state index in [-0.39, 0.29) is 18.8 Å². The van der Waals surface area contributed by atoms with E-state index in [1.807, 2.05) is 12.1 Å². The summed E-state index contributed by atoms with van der Waals surface area (Å²) in [6, 6.07) is 10.6. The van der Waals surface area contributed by atoms with Crippen LogP contribution in [0.25, 0.3) is 10.9 Å². The summed E-state index contributed by atoms with van der Waals surface area (Å²) in [6.07, 6.45) is 5.92. The molecule has 3 aromatic rings. The van der Waals surface area contributed by atoms with Gasteiger partial charge in [-0.1, -0.05) is 11.6 Å². The molecule has 0 atom stereocenters. The van der Waals surface area contributed by atoms with Gasteiger partial charge in [-0.25, -0.2) is 4.79 Å². The molecule has 2 heterocycles. The minimum Gasteiger partial charge on any atom is -0.489 e. The second-order valence-corrected chi connectivity index (χ2v) is 10.0. The van der Waals surface area contributed by atoms with Crippen LogP contribution in [0.4, 0.5) is 10.5 Å². The Kier molecular flexibility index (Phi) is 7.83. The van der Waals surface area contributed by atoms with Crippen LogP contribution in [0.15, 0.2) is 42.6 Å². The maximum atomic E-state index is 12.0. The molecule has 2 amide bonds. The van der Waals surface area contributed by atoms with Crippen molar-refractivity contribution in [3.63, 3.8) is 0 Å². The third-order valence-corrected chi connectivity index (χ3v) is 6.96. The van der Waals surface area contributed by atoms with Gasteiger partial charge in [0.2, 0.25) is 0 Å².